The summed E-state index contributed by atoms with van der Waals surface area (Å²) in [6.45, 7) is 0.499. The fourth-order valence-corrected chi connectivity index (χ4v) is 2.77. The Hall–Kier alpha value is -2.14. The molecule has 0 saturated heterocycles. The third-order valence-electron chi connectivity index (χ3n) is 2.76. The molecule has 5 nitrogen and oxygen atoms in total. The van der Waals surface area contributed by atoms with Crippen LogP contribution in [0.4, 0.5) is 8.78 Å². The molecule has 1 aromatic carbocycles. The van der Waals surface area contributed by atoms with Crippen LogP contribution < -0.4 is 5.69 Å². The van der Waals surface area contributed by atoms with E-state index in [-0.39, 0.29) is 5.69 Å². The Morgan fingerprint density at radius 2 is 2.16 bits per heavy atom. The molecule has 19 heavy (non-hydrogen) atoms. The maximum absolute atomic E-state index is 13.8. The summed E-state index contributed by atoms with van der Waals surface area (Å²) in [6, 6.07) is 3.10. The van der Waals surface area contributed by atoms with Gasteiger partial charge in [0.15, 0.2) is 11.0 Å². The van der Waals surface area contributed by atoms with Gasteiger partial charge < -0.3 is 0 Å². The number of nitriles is 1. The Morgan fingerprint density at radius 3 is 2.84 bits per heavy atom. The zero-order valence-electron chi connectivity index (χ0n) is 9.43. The van der Waals surface area contributed by atoms with Crippen LogP contribution in [-0.2, 0) is 6.54 Å². The van der Waals surface area contributed by atoms with Crippen LogP contribution in [0.3, 0.4) is 0 Å². The molecule has 0 amide bonds. The van der Waals surface area contributed by atoms with Crippen LogP contribution in [0.2, 0.25) is 0 Å². The van der Waals surface area contributed by atoms with Crippen LogP contribution >= 0.6 is 11.8 Å². The molecule has 2 aromatic rings. The van der Waals surface area contributed by atoms with Gasteiger partial charge in [0, 0.05) is 18.4 Å². The average Bonchev–Trinajstić information content (AvgIpc) is 2.95. The normalized spacial score (nSPS) is 13.3. The van der Waals surface area contributed by atoms with E-state index < -0.39 is 22.9 Å². The highest BCUT2D eigenvalue weighted by atomic mass is 32.2. The summed E-state index contributed by atoms with van der Waals surface area (Å²) in [5.41, 5.74) is -1.21. The fourth-order valence-electron chi connectivity index (χ4n) is 1.85. The van der Waals surface area contributed by atoms with Crippen molar-refractivity contribution in [1.82, 2.24) is 14.3 Å². The molecule has 0 saturated carbocycles. The summed E-state index contributed by atoms with van der Waals surface area (Å²) in [5, 5.41) is 13.0. The first-order valence-corrected chi connectivity index (χ1v) is 6.32. The van der Waals surface area contributed by atoms with Crippen molar-refractivity contribution in [2.24, 2.45) is 0 Å². The summed E-state index contributed by atoms with van der Waals surface area (Å²) in [6.07, 6.45) is 0. The second kappa shape index (κ2) is 4.20. The monoisotopic (exact) mass is 280 g/mol. The quantitative estimate of drug-likeness (QED) is 0.789. The highest BCUT2D eigenvalue weighted by molar-refractivity contribution is 7.99. The molecule has 8 heteroatoms. The maximum Gasteiger partial charge on any atom is 0.351 e. The molecule has 3 rings (SSSR count). The summed E-state index contributed by atoms with van der Waals surface area (Å²) in [5.74, 6) is -1.00. The van der Waals surface area contributed by atoms with E-state index in [1.807, 2.05) is 0 Å². The lowest BCUT2D eigenvalue weighted by atomic mass is 10.2. The van der Waals surface area contributed by atoms with Crippen LogP contribution in [0.1, 0.15) is 5.56 Å². The van der Waals surface area contributed by atoms with Gasteiger partial charge in [-0.3, -0.25) is 4.57 Å². The molecule has 96 valence electrons. The van der Waals surface area contributed by atoms with Gasteiger partial charge in [0.05, 0.1) is 5.56 Å². The smallest absolute Gasteiger partial charge is 0.269 e. The number of nitrogens with zero attached hydrogens (tertiary/aromatic N) is 4. The number of benzene rings is 1. The molecule has 0 N–H and O–H groups in total. The van der Waals surface area contributed by atoms with E-state index in [4.69, 9.17) is 5.26 Å². The number of rotatable bonds is 1. The highest BCUT2D eigenvalue weighted by Gasteiger charge is 2.22. The van der Waals surface area contributed by atoms with Gasteiger partial charge >= 0.3 is 5.69 Å². The second-order valence-corrected chi connectivity index (χ2v) is 4.93. The zero-order chi connectivity index (χ0) is 13.6. The number of hydrogen-bond donors (Lipinski definition) is 0. The first kappa shape index (κ1) is 11.9. The lowest BCUT2D eigenvalue weighted by molar-refractivity contribution is 0.580. The summed E-state index contributed by atoms with van der Waals surface area (Å²) < 4.78 is 29.5. The predicted octanol–water partition coefficient (Wildman–Crippen LogP) is 1.29. The second-order valence-electron chi connectivity index (χ2n) is 3.87. The molecular weight excluding hydrogens is 274 g/mol. The van der Waals surface area contributed by atoms with Crippen molar-refractivity contribution in [1.29, 1.82) is 5.26 Å². The lowest BCUT2D eigenvalue weighted by Crippen LogP contribution is -2.24. The predicted molar refractivity (Wildman–Crippen MR) is 63.2 cm³/mol. The molecule has 1 aliphatic heterocycles. The third-order valence-corrected chi connectivity index (χ3v) is 3.71. The topological polar surface area (TPSA) is 63.6 Å². The minimum atomic E-state index is -0.883. The van der Waals surface area contributed by atoms with Crippen molar-refractivity contribution in [2.45, 2.75) is 11.7 Å². The van der Waals surface area contributed by atoms with Gasteiger partial charge in [-0.1, -0.05) is 11.8 Å². The third kappa shape index (κ3) is 1.74. The average molecular weight is 280 g/mol. The fraction of sp³-hybridized carbons (Fsp3) is 0.182. The van der Waals surface area contributed by atoms with Crippen LogP contribution in [0, 0.1) is 23.0 Å². The Morgan fingerprint density at radius 1 is 1.37 bits per heavy atom. The zero-order valence-corrected chi connectivity index (χ0v) is 10.2. The van der Waals surface area contributed by atoms with Crippen molar-refractivity contribution >= 4 is 11.8 Å². The van der Waals surface area contributed by atoms with Crippen LogP contribution in [0.5, 0.6) is 0 Å². The first-order chi connectivity index (χ1) is 9.11. The molecule has 0 radical (unpaired) electrons. The summed E-state index contributed by atoms with van der Waals surface area (Å²) in [7, 11) is 0. The minimum Gasteiger partial charge on any atom is -0.269 e. The molecule has 0 spiro atoms. The van der Waals surface area contributed by atoms with Crippen LogP contribution in [0.15, 0.2) is 22.1 Å². The van der Waals surface area contributed by atoms with Crippen molar-refractivity contribution < 1.29 is 8.78 Å². The van der Waals surface area contributed by atoms with E-state index in [2.05, 4.69) is 5.10 Å². The molecule has 0 fully saturated rings. The number of halogens is 2. The van der Waals surface area contributed by atoms with Gasteiger partial charge in [-0.25, -0.2) is 13.6 Å². The van der Waals surface area contributed by atoms with Crippen LogP contribution in [-0.4, -0.2) is 20.1 Å². The molecule has 1 aliphatic rings. The van der Waals surface area contributed by atoms with E-state index in [9.17, 15) is 13.6 Å². The van der Waals surface area contributed by atoms with Gasteiger partial charge in [0.2, 0.25) is 0 Å². The molecule has 0 bridgehead atoms. The van der Waals surface area contributed by atoms with E-state index in [1.165, 1.54) is 22.4 Å². The Labute approximate surface area is 110 Å². The first-order valence-electron chi connectivity index (χ1n) is 5.34. The van der Waals surface area contributed by atoms with Gasteiger partial charge in [0.1, 0.15) is 17.6 Å². The number of hydrogen-bond acceptors (Lipinski definition) is 4. The van der Waals surface area contributed by atoms with Crippen LogP contribution in [0.25, 0.3) is 5.69 Å². The van der Waals surface area contributed by atoms with Gasteiger partial charge in [-0.05, 0) is 6.07 Å². The minimum absolute atomic E-state index is 0.288. The van der Waals surface area contributed by atoms with Gasteiger partial charge in [-0.2, -0.15) is 9.94 Å². The maximum atomic E-state index is 13.8. The largest absolute Gasteiger partial charge is 0.351 e. The molecule has 0 atom stereocenters. The van der Waals surface area contributed by atoms with E-state index in [1.54, 1.807) is 0 Å². The van der Waals surface area contributed by atoms with E-state index in [0.717, 1.165) is 22.6 Å². The molecule has 0 aliphatic carbocycles. The highest BCUT2D eigenvalue weighted by Crippen LogP contribution is 2.23. The summed E-state index contributed by atoms with van der Waals surface area (Å²) >= 11 is 1.38. The Bertz CT molecular complexity index is 774. The molecule has 0 unspecified atom stereocenters. The Kier molecular flexibility index (Phi) is 2.64. The van der Waals surface area contributed by atoms with Gasteiger partial charge in [-0.15, -0.1) is 5.10 Å². The molecular formula is C11H6F2N4OS. The number of aromatic nitrogens is 3. The number of fused-ring (bicyclic) bond motifs is 1. The molecule has 2 heterocycles. The van der Waals surface area contributed by atoms with Crippen molar-refractivity contribution in [2.75, 3.05) is 5.75 Å². The standard InChI is InChI=1S/C11H6F2N4OS/c12-7-4-9(8(13)3-6(7)5-14)17-11(18)16-1-2-19-10(16)15-17/h3-4H,1-2H2. The SMILES string of the molecule is N#Cc1cc(F)c(-n2nc3n(c2=O)CCS3)cc1F. The lowest BCUT2D eigenvalue weighted by Gasteiger charge is -2.03. The molecule has 1 aromatic heterocycles. The van der Waals surface area contributed by atoms with Crippen molar-refractivity contribution in [3.8, 4) is 11.8 Å². The number of thioether (sulfide) groups is 1. The Balaban J connectivity index is 2.21. The van der Waals surface area contributed by atoms with E-state index >= 15 is 0 Å². The van der Waals surface area contributed by atoms with Crippen molar-refractivity contribution in [3.63, 3.8) is 0 Å². The van der Waals surface area contributed by atoms with Gasteiger partial charge in [0.25, 0.3) is 0 Å². The van der Waals surface area contributed by atoms with E-state index in [0.29, 0.717) is 11.7 Å². The summed E-state index contributed by atoms with van der Waals surface area (Å²) in [4.78, 5) is 12.0. The van der Waals surface area contributed by atoms with Crippen molar-refractivity contribution in [3.05, 3.63) is 39.8 Å².